The lowest BCUT2D eigenvalue weighted by Gasteiger charge is -2.49. The van der Waals surface area contributed by atoms with Gasteiger partial charge in [0.05, 0.1) is 0 Å². The van der Waals surface area contributed by atoms with Crippen LogP contribution in [0.2, 0.25) is 0 Å². The molecule has 2 heterocycles. The van der Waals surface area contributed by atoms with Gasteiger partial charge in [-0.25, -0.2) is 0 Å². The molecule has 0 aromatic rings. The van der Waals surface area contributed by atoms with E-state index in [9.17, 15) is 0 Å². The Labute approximate surface area is 125 Å². The van der Waals surface area contributed by atoms with Gasteiger partial charge in [-0.05, 0) is 46.1 Å². The normalized spacial score (nSPS) is 35.1. The van der Waals surface area contributed by atoms with Crippen LogP contribution in [0.4, 0.5) is 0 Å². The molecule has 1 N–H and O–H groups in total. The summed E-state index contributed by atoms with van der Waals surface area (Å²) in [4.78, 5) is 5.52. The Morgan fingerprint density at radius 1 is 1.05 bits per heavy atom. The molecule has 3 atom stereocenters. The van der Waals surface area contributed by atoms with Gasteiger partial charge in [0.25, 0.3) is 0 Å². The smallest absolute Gasteiger partial charge is 0.0224 e. The van der Waals surface area contributed by atoms with E-state index in [1.807, 2.05) is 0 Å². The molecule has 0 amide bonds. The van der Waals surface area contributed by atoms with Crippen molar-refractivity contribution >= 4 is 0 Å². The summed E-state index contributed by atoms with van der Waals surface area (Å²) >= 11 is 0. The molecule has 3 heteroatoms. The monoisotopic (exact) mass is 279 g/mol. The second-order valence-electron chi connectivity index (χ2n) is 7.43. The number of piperazine rings is 1. The van der Waals surface area contributed by atoms with E-state index in [1.54, 1.807) is 0 Å². The molecule has 2 saturated heterocycles. The van der Waals surface area contributed by atoms with Gasteiger partial charge in [-0.3, -0.25) is 9.80 Å². The highest BCUT2D eigenvalue weighted by Gasteiger charge is 2.34. The number of hydrogen-bond donors (Lipinski definition) is 1. The summed E-state index contributed by atoms with van der Waals surface area (Å²) in [6.45, 7) is 9.97. The van der Waals surface area contributed by atoms with Crippen molar-refractivity contribution in [1.29, 1.82) is 0 Å². The first-order chi connectivity index (χ1) is 9.74. The Hall–Kier alpha value is -0.120. The van der Waals surface area contributed by atoms with Crippen LogP contribution in [0.25, 0.3) is 0 Å². The van der Waals surface area contributed by atoms with Crippen LogP contribution in [0, 0.1) is 0 Å². The average molecular weight is 279 g/mol. The summed E-state index contributed by atoms with van der Waals surface area (Å²) in [6.07, 6.45) is 9.95. The van der Waals surface area contributed by atoms with E-state index < -0.39 is 0 Å². The molecule has 116 valence electrons. The highest BCUT2D eigenvalue weighted by molar-refractivity contribution is 4.91. The first-order valence-electron chi connectivity index (χ1n) is 8.97. The summed E-state index contributed by atoms with van der Waals surface area (Å²) in [5, 5.41) is 3.82. The molecule has 1 saturated carbocycles. The van der Waals surface area contributed by atoms with Crippen LogP contribution >= 0.6 is 0 Å². The maximum atomic E-state index is 3.82. The third kappa shape index (κ3) is 3.37. The maximum Gasteiger partial charge on any atom is 0.0224 e. The Kier molecular flexibility index (Phi) is 5.00. The molecular weight excluding hydrogens is 246 g/mol. The Bertz CT molecular complexity index is 301. The van der Waals surface area contributed by atoms with E-state index in [1.165, 1.54) is 71.1 Å². The number of nitrogens with zero attached hydrogens (tertiary/aromatic N) is 2. The molecule has 3 aliphatic rings. The molecule has 0 bridgehead atoms. The second kappa shape index (κ2) is 6.76. The van der Waals surface area contributed by atoms with Crippen molar-refractivity contribution in [2.45, 2.75) is 83.0 Å². The lowest BCUT2D eigenvalue weighted by Crippen LogP contribution is -2.61. The van der Waals surface area contributed by atoms with Crippen LogP contribution in [-0.2, 0) is 0 Å². The van der Waals surface area contributed by atoms with Crippen molar-refractivity contribution in [3.63, 3.8) is 0 Å². The molecule has 2 aliphatic heterocycles. The fraction of sp³-hybridized carbons (Fsp3) is 1.00. The lowest BCUT2D eigenvalue weighted by molar-refractivity contribution is -0.00416. The Morgan fingerprint density at radius 3 is 2.60 bits per heavy atom. The van der Waals surface area contributed by atoms with Gasteiger partial charge in [-0.2, -0.15) is 0 Å². The minimum atomic E-state index is 0.690. The first kappa shape index (κ1) is 14.8. The molecule has 0 aromatic heterocycles. The van der Waals surface area contributed by atoms with E-state index in [4.69, 9.17) is 0 Å². The standard InChI is InChI=1S/C17H33N3/c1-14(11-18-16-7-3-4-8-16)20-13-17-9-5-6-10-19(17)12-15(20)2/h14-18H,3-13H2,1-2H3. The number of hydrogen-bond acceptors (Lipinski definition) is 3. The minimum Gasteiger partial charge on any atom is -0.312 e. The van der Waals surface area contributed by atoms with Gasteiger partial charge in [-0.1, -0.05) is 19.3 Å². The Balaban J connectivity index is 1.49. The van der Waals surface area contributed by atoms with Gasteiger partial charge >= 0.3 is 0 Å². The molecule has 20 heavy (non-hydrogen) atoms. The topological polar surface area (TPSA) is 18.5 Å². The molecule has 1 aliphatic carbocycles. The van der Waals surface area contributed by atoms with Gasteiger partial charge in [0.2, 0.25) is 0 Å². The zero-order valence-electron chi connectivity index (χ0n) is 13.5. The lowest BCUT2D eigenvalue weighted by atomic mass is 9.96. The van der Waals surface area contributed by atoms with Crippen molar-refractivity contribution in [3.05, 3.63) is 0 Å². The number of nitrogens with one attached hydrogen (secondary N) is 1. The molecule has 0 radical (unpaired) electrons. The average Bonchev–Trinajstić information content (AvgIpc) is 2.97. The summed E-state index contributed by atoms with van der Waals surface area (Å²) < 4.78 is 0. The van der Waals surface area contributed by atoms with Crippen LogP contribution in [-0.4, -0.2) is 60.1 Å². The van der Waals surface area contributed by atoms with Gasteiger partial charge < -0.3 is 5.32 Å². The molecule has 0 aromatic carbocycles. The molecular formula is C17H33N3. The number of piperidine rings is 1. The maximum absolute atomic E-state index is 3.82. The van der Waals surface area contributed by atoms with Crippen LogP contribution in [0.5, 0.6) is 0 Å². The summed E-state index contributed by atoms with van der Waals surface area (Å²) in [5.41, 5.74) is 0. The largest absolute Gasteiger partial charge is 0.312 e. The van der Waals surface area contributed by atoms with Gasteiger partial charge in [0.15, 0.2) is 0 Å². The fourth-order valence-corrected chi connectivity index (χ4v) is 4.57. The number of fused-ring (bicyclic) bond motifs is 1. The van der Waals surface area contributed by atoms with Gasteiger partial charge in [0.1, 0.15) is 0 Å². The molecule has 3 nitrogen and oxygen atoms in total. The van der Waals surface area contributed by atoms with Crippen LogP contribution in [0.15, 0.2) is 0 Å². The van der Waals surface area contributed by atoms with Crippen molar-refractivity contribution < 1.29 is 0 Å². The van der Waals surface area contributed by atoms with Crippen molar-refractivity contribution in [1.82, 2.24) is 15.1 Å². The third-order valence-electron chi connectivity index (χ3n) is 5.86. The van der Waals surface area contributed by atoms with E-state index in [-0.39, 0.29) is 0 Å². The van der Waals surface area contributed by atoms with E-state index in [2.05, 4.69) is 29.0 Å². The predicted molar refractivity (Wildman–Crippen MR) is 85.1 cm³/mol. The molecule has 3 fully saturated rings. The quantitative estimate of drug-likeness (QED) is 0.853. The van der Waals surface area contributed by atoms with Crippen LogP contribution < -0.4 is 5.32 Å². The Morgan fingerprint density at radius 2 is 1.80 bits per heavy atom. The van der Waals surface area contributed by atoms with Gasteiger partial charge in [0, 0.05) is 43.8 Å². The fourth-order valence-electron chi connectivity index (χ4n) is 4.57. The summed E-state index contributed by atoms with van der Waals surface area (Å²) in [5.74, 6) is 0. The van der Waals surface area contributed by atoms with E-state index in [0.717, 1.165) is 18.1 Å². The third-order valence-corrected chi connectivity index (χ3v) is 5.86. The molecule has 0 spiro atoms. The SMILES string of the molecule is CC(CNC1CCCC1)N1CC2CCCCN2CC1C. The highest BCUT2D eigenvalue weighted by atomic mass is 15.3. The first-order valence-corrected chi connectivity index (χ1v) is 8.97. The van der Waals surface area contributed by atoms with Gasteiger partial charge in [-0.15, -0.1) is 0 Å². The van der Waals surface area contributed by atoms with Crippen molar-refractivity contribution in [2.24, 2.45) is 0 Å². The summed E-state index contributed by atoms with van der Waals surface area (Å²) in [6, 6.07) is 3.07. The van der Waals surface area contributed by atoms with Crippen LogP contribution in [0.3, 0.4) is 0 Å². The highest BCUT2D eigenvalue weighted by Crippen LogP contribution is 2.25. The summed E-state index contributed by atoms with van der Waals surface area (Å²) in [7, 11) is 0. The second-order valence-corrected chi connectivity index (χ2v) is 7.43. The zero-order valence-corrected chi connectivity index (χ0v) is 13.5. The van der Waals surface area contributed by atoms with Crippen molar-refractivity contribution in [3.8, 4) is 0 Å². The predicted octanol–water partition coefficient (Wildman–Crippen LogP) is 2.47. The number of rotatable bonds is 4. The zero-order chi connectivity index (χ0) is 13.9. The van der Waals surface area contributed by atoms with Crippen LogP contribution in [0.1, 0.15) is 58.8 Å². The van der Waals surface area contributed by atoms with E-state index in [0.29, 0.717) is 6.04 Å². The van der Waals surface area contributed by atoms with E-state index >= 15 is 0 Å². The van der Waals surface area contributed by atoms with Crippen molar-refractivity contribution in [2.75, 3.05) is 26.2 Å². The molecule has 3 rings (SSSR count). The molecule has 3 unspecified atom stereocenters. The minimum absolute atomic E-state index is 0.690.